The second-order valence-electron chi connectivity index (χ2n) is 46.6. The molecule has 0 saturated heterocycles. The van der Waals surface area contributed by atoms with Crippen LogP contribution in [0.15, 0.2) is 224 Å². The van der Waals surface area contributed by atoms with E-state index in [0.29, 0.717) is 5.56 Å². The minimum atomic E-state index is -0.496. The normalized spacial score (nSPS) is 14.6. The molecule has 0 spiro atoms. The molecule has 0 radical (unpaired) electrons. The molecule has 0 atom stereocenters. The Bertz CT molecular complexity index is 6440. The van der Waals surface area contributed by atoms with Crippen LogP contribution in [0.3, 0.4) is 0 Å². The lowest BCUT2D eigenvalue weighted by Gasteiger charge is -2.47. The van der Waals surface area contributed by atoms with Crippen molar-refractivity contribution >= 4 is 79.0 Å². The number of hydrogen-bond donors (Lipinski definition) is 0. The molecule has 0 aliphatic carbocycles. The molecule has 1 aromatic heterocycles. The minimum Gasteiger partial charge on any atom is -0.310 e. The molecule has 3 nitrogen and oxygen atoms in total. The largest absolute Gasteiger partial charge is 0.310 e. The fraction of sp³-hybridized carbons (Fsp3) is 0.379. The second kappa shape index (κ2) is 28.9. The first-order valence-corrected chi connectivity index (χ1v) is 44.2. The Labute approximate surface area is 730 Å². The number of rotatable bonds is 8. The monoisotopic (exact) mass is 1590 g/mol. The Morgan fingerprint density at radius 2 is 0.608 bits per heavy atom. The molecular formula is C116H136BN3. The first-order valence-electron chi connectivity index (χ1n) is 46.7. The third-order valence-electron chi connectivity index (χ3n) is 25.9. The molecular weight excluding hydrogens is 1450 g/mol. The van der Waals surface area contributed by atoms with Crippen LogP contribution in [0.1, 0.15) is 297 Å². The highest BCUT2D eigenvalue weighted by Crippen LogP contribution is 2.58. The molecule has 0 N–H and O–H groups in total. The van der Waals surface area contributed by atoms with Gasteiger partial charge in [-0.25, -0.2) is 0 Å². The Morgan fingerprint density at radius 3 is 1.09 bits per heavy atom. The van der Waals surface area contributed by atoms with Crippen LogP contribution in [0.5, 0.6) is 0 Å². The molecule has 3 heterocycles. The molecule has 0 unspecified atom stereocenters. The van der Waals surface area contributed by atoms with Crippen molar-refractivity contribution in [2.75, 3.05) is 9.80 Å². The van der Waals surface area contributed by atoms with Gasteiger partial charge in [0.05, 0.1) is 29.3 Å². The van der Waals surface area contributed by atoms with E-state index < -0.39 is 18.2 Å². The van der Waals surface area contributed by atoms with E-state index in [1.54, 1.807) is 0 Å². The predicted octanol–water partition coefficient (Wildman–Crippen LogP) is 31.5. The summed E-state index contributed by atoms with van der Waals surface area (Å²) in [5.41, 5.74) is 32.7. The molecule has 0 saturated carbocycles. The van der Waals surface area contributed by atoms with Crippen molar-refractivity contribution in [3.05, 3.63) is 286 Å². The summed E-state index contributed by atoms with van der Waals surface area (Å²) in [6.07, 6.45) is 0. The van der Waals surface area contributed by atoms with Crippen LogP contribution < -0.4 is 26.2 Å². The maximum atomic E-state index is 9.95. The highest BCUT2D eigenvalue weighted by atomic mass is 15.2. The number of fused-ring (bicyclic) bond motifs is 7. The van der Waals surface area contributed by atoms with Crippen molar-refractivity contribution < 1.29 is 6.85 Å². The smallest absolute Gasteiger partial charge is 0.252 e. The van der Waals surface area contributed by atoms with Crippen molar-refractivity contribution in [2.24, 2.45) is 0 Å². The molecule has 618 valence electrons. The van der Waals surface area contributed by atoms with Gasteiger partial charge in [-0.1, -0.05) is 374 Å². The predicted molar refractivity (Wildman–Crippen MR) is 528 cm³/mol. The second-order valence-corrected chi connectivity index (χ2v) is 46.6. The molecule has 2 aliphatic rings. The van der Waals surface area contributed by atoms with Crippen LogP contribution in [-0.2, 0) is 59.6 Å². The third kappa shape index (κ3) is 15.5. The van der Waals surface area contributed by atoms with Gasteiger partial charge in [0.2, 0.25) is 0 Å². The van der Waals surface area contributed by atoms with Gasteiger partial charge in [-0.05, 0) is 249 Å². The minimum absolute atomic E-state index is 0.122. The van der Waals surface area contributed by atoms with Crippen LogP contribution in [0.25, 0.3) is 83.1 Å². The number of benzene rings is 12. The standard InChI is InChI=1S/C116H136BN3/c1-106(2,3)74-46-43-72(44-47-74)85-63-79(111(16,17)18)66-91(86-60-75(107(4,5)6)49-54-93(86)115(28,29)30)104(85)120-100-70-82(118-97-57-50-76(108(7,8)9)61-87(97)88-62-77(109(10,11)12)51-58-98(88)118)52-56-96(100)117-95-55-45-73(71-39-35-34-36-40-71)59-99(95)119(101-68-81(113(22,23)24)69-102(120)103(101)117)105-89(83-41-37-38-42-92(83)114(25,26)27)64-80(112(19,20)21)65-90(105)84-53-48-78(110(13,14)15)67-94(84)116(31,32)33/h34-70H,1-33H3/i34D,35D,36D,39D,40D. The summed E-state index contributed by atoms with van der Waals surface area (Å²) in [5.74, 6) is 0. The highest BCUT2D eigenvalue weighted by Gasteiger charge is 2.48. The van der Waals surface area contributed by atoms with E-state index in [0.717, 1.165) is 112 Å². The SMILES string of the molecule is [2H]c1c([2H])c([2H])c(-c2ccc3c(c2)N(c2c(-c4ccccc4C(C)(C)C)cc(C(C)(C)C)cc2-c2ccc(C(C)(C)C)cc2C(C)(C)C)c2cc(C(C)(C)C)cc4c2B3c2ccc(-n3c5ccc(C(C)(C)C)cc5c5cc(C(C)(C)C)ccc53)cc2N4c2c(-c3ccc(C(C)(C)C)cc3)cc(C(C)(C)C)cc2-c2cc(C(C)(C)C)ccc2C(C)(C)C)c([2H])c1[2H]. The maximum Gasteiger partial charge on any atom is 0.252 e. The van der Waals surface area contributed by atoms with Gasteiger partial charge in [0.15, 0.2) is 0 Å². The Balaban J connectivity index is 1.23. The quantitative estimate of drug-likeness (QED) is 0.141. The van der Waals surface area contributed by atoms with Crippen LogP contribution >= 0.6 is 0 Å². The van der Waals surface area contributed by atoms with Gasteiger partial charge < -0.3 is 14.4 Å². The van der Waals surface area contributed by atoms with Gasteiger partial charge in [0.25, 0.3) is 6.71 Å². The van der Waals surface area contributed by atoms with Gasteiger partial charge in [0.1, 0.15) is 0 Å². The van der Waals surface area contributed by atoms with E-state index >= 15 is 0 Å². The number of anilines is 6. The lowest BCUT2D eigenvalue weighted by molar-refractivity contribution is 0.569. The van der Waals surface area contributed by atoms with Gasteiger partial charge in [0, 0.05) is 61.5 Å². The van der Waals surface area contributed by atoms with Crippen LogP contribution in [0.4, 0.5) is 34.1 Å². The summed E-state index contributed by atoms with van der Waals surface area (Å²) in [5, 5.41) is 2.42. The molecule has 0 fully saturated rings. The van der Waals surface area contributed by atoms with Crippen LogP contribution in [-0.4, -0.2) is 11.3 Å². The molecule has 12 aromatic carbocycles. The van der Waals surface area contributed by atoms with Crippen molar-refractivity contribution in [3.8, 4) is 61.3 Å². The Morgan fingerprint density at radius 1 is 0.242 bits per heavy atom. The molecule has 4 heteroatoms. The van der Waals surface area contributed by atoms with E-state index in [2.05, 4.69) is 437 Å². The van der Waals surface area contributed by atoms with E-state index in [1.807, 2.05) is 0 Å². The Kier molecular flexibility index (Phi) is 18.9. The molecule has 13 aromatic rings. The van der Waals surface area contributed by atoms with Crippen molar-refractivity contribution in [1.82, 2.24) is 4.57 Å². The average molecular weight is 1590 g/mol. The first-order chi connectivity index (χ1) is 57.5. The summed E-state index contributed by atoms with van der Waals surface area (Å²) in [6.45, 7) is 76.9. The zero-order valence-electron chi connectivity index (χ0n) is 83.9. The lowest BCUT2D eigenvalue weighted by Crippen LogP contribution is -2.61. The molecule has 0 bridgehead atoms. The topological polar surface area (TPSA) is 11.4 Å². The molecule has 15 rings (SSSR count). The fourth-order valence-electron chi connectivity index (χ4n) is 18.5. The zero-order chi connectivity index (χ0) is 91.5. The van der Waals surface area contributed by atoms with Gasteiger partial charge in [-0.3, -0.25) is 0 Å². The summed E-state index contributed by atoms with van der Waals surface area (Å²) in [7, 11) is 0. The number of hydrogen-bond acceptors (Lipinski definition) is 2. The maximum absolute atomic E-state index is 9.95. The van der Waals surface area contributed by atoms with Crippen molar-refractivity contribution in [3.63, 3.8) is 0 Å². The molecule has 120 heavy (non-hydrogen) atoms. The summed E-state index contributed by atoms with van der Waals surface area (Å²) < 4.78 is 50.3. The molecule has 0 amide bonds. The van der Waals surface area contributed by atoms with E-state index in [4.69, 9.17) is 1.37 Å². The van der Waals surface area contributed by atoms with Gasteiger partial charge in [-0.15, -0.1) is 0 Å². The third-order valence-corrected chi connectivity index (χ3v) is 25.9. The highest BCUT2D eigenvalue weighted by molar-refractivity contribution is 7.00. The van der Waals surface area contributed by atoms with Crippen LogP contribution in [0, 0.1) is 0 Å². The number of aromatic nitrogens is 1. The zero-order valence-corrected chi connectivity index (χ0v) is 78.9. The fourth-order valence-corrected chi connectivity index (χ4v) is 18.5. The van der Waals surface area contributed by atoms with E-state index in [9.17, 15) is 5.48 Å². The number of nitrogens with zero attached hydrogens (tertiary/aromatic N) is 3. The first kappa shape index (κ1) is 78.6. The summed E-state index contributed by atoms with van der Waals surface area (Å²) >= 11 is 0. The summed E-state index contributed by atoms with van der Waals surface area (Å²) in [6, 6.07) is 75.1. The van der Waals surface area contributed by atoms with Crippen molar-refractivity contribution in [2.45, 2.75) is 288 Å². The van der Waals surface area contributed by atoms with E-state index in [1.165, 1.54) is 72.0 Å². The molecule has 2 aliphatic heterocycles. The van der Waals surface area contributed by atoms with Gasteiger partial charge in [-0.2, -0.15) is 0 Å². The summed E-state index contributed by atoms with van der Waals surface area (Å²) in [4.78, 5) is 5.37. The van der Waals surface area contributed by atoms with Crippen LogP contribution in [0.2, 0.25) is 0 Å². The average Bonchev–Trinajstić information content (AvgIpc) is 0.911. The van der Waals surface area contributed by atoms with Gasteiger partial charge >= 0.3 is 0 Å². The lowest BCUT2D eigenvalue weighted by atomic mass is 9.33. The van der Waals surface area contributed by atoms with Crippen molar-refractivity contribution in [1.29, 1.82) is 0 Å². The van der Waals surface area contributed by atoms with E-state index in [-0.39, 0.29) is 83.9 Å². The Hall–Kier alpha value is -9.90.